The smallest absolute Gasteiger partial charge is 0.326 e. The maximum absolute atomic E-state index is 13.0. The lowest BCUT2D eigenvalue weighted by atomic mass is 10.1. The van der Waals surface area contributed by atoms with E-state index in [1.54, 1.807) is 0 Å². The number of aliphatic carboxylic acids is 1. The third kappa shape index (κ3) is 3.67. The van der Waals surface area contributed by atoms with Crippen LogP contribution >= 0.6 is 0 Å². The van der Waals surface area contributed by atoms with E-state index in [2.05, 4.69) is 15.3 Å². The van der Waals surface area contributed by atoms with Gasteiger partial charge in [0.05, 0.1) is 11.7 Å². The Morgan fingerprint density at radius 1 is 1.31 bits per heavy atom. The van der Waals surface area contributed by atoms with Gasteiger partial charge in [0, 0.05) is 11.8 Å². The zero-order chi connectivity index (χ0) is 18.7. The zero-order valence-electron chi connectivity index (χ0n) is 13.4. The number of carbonyl (C=O) groups excluding carboxylic acids is 1. The molecule has 0 bridgehead atoms. The summed E-state index contributed by atoms with van der Waals surface area (Å²) in [5, 5.41) is 21.3. The van der Waals surface area contributed by atoms with Gasteiger partial charge in [-0.3, -0.25) is 4.79 Å². The fourth-order valence-corrected chi connectivity index (χ4v) is 2.51. The summed E-state index contributed by atoms with van der Waals surface area (Å²) in [6.45, 7) is 0. The van der Waals surface area contributed by atoms with E-state index in [1.807, 2.05) is 6.07 Å². The number of carbonyl (C=O) groups is 2. The fraction of sp³-hybridized carbons (Fsp3) is 0.111. The van der Waals surface area contributed by atoms with Crippen molar-refractivity contribution in [1.82, 2.24) is 15.3 Å². The molecule has 0 unspecified atom stereocenters. The van der Waals surface area contributed by atoms with Crippen molar-refractivity contribution in [3.8, 4) is 6.07 Å². The summed E-state index contributed by atoms with van der Waals surface area (Å²) in [7, 11) is 0. The molecule has 1 amide bonds. The number of pyridine rings is 1. The molecule has 0 aliphatic rings. The van der Waals surface area contributed by atoms with Crippen LogP contribution in [0, 0.1) is 17.1 Å². The first-order chi connectivity index (χ1) is 12.5. The van der Waals surface area contributed by atoms with Crippen LogP contribution in [-0.4, -0.2) is 33.0 Å². The normalized spacial score (nSPS) is 11.7. The number of H-pyrrole nitrogens is 1. The molecule has 2 heterocycles. The number of nitriles is 1. The van der Waals surface area contributed by atoms with E-state index < -0.39 is 23.7 Å². The predicted octanol–water partition coefficient (Wildman–Crippen LogP) is 2.00. The molecule has 0 saturated heterocycles. The van der Waals surface area contributed by atoms with Gasteiger partial charge >= 0.3 is 5.97 Å². The van der Waals surface area contributed by atoms with Gasteiger partial charge in [-0.2, -0.15) is 5.26 Å². The Balaban J connectivity index is 1.78. The highest BCUT2D eigenvalue weighted by molar-refractivity contribution is 5.99. The van der Waals surface area contributed by atoms with Crippen LogP contribution in [0.15, 0.2) is 42.6 Å². The molecule has 3 N–H and O–H groups in total. The van der Waals surface area contributed by atoms with Crippen molar-refractivity contribution < 1.29 is 19.1 Å². The van der Waals surface area contributed by atoms with E-state index in [0.717, 1.165) is 0 Å². The molecule has 3 rings (SSSR count). The summed E-state index contributed by atoms with van der Waals surface area (Å²) in [6.07, 6.45) is 1.44. The molecule has 0 saturated carbocycles. The second-order valence-corrected chi connectivity index (χ2v) is 5.65. The number of halogens is 1. The highest BCUT2D eigenvalue weighted by Gasteiger charge is 2.22. The monoisotopic (exact) mass is 352 g/mol. The van der Waals surface area contributed by atoms with Gasteiger partial charge in [0.15, 0.2) is 0 Å². The van der Waals surface area contributed by atoms with Crippen molar-refractivity contribution in [3.63, 3.8) is 0 Å². The highest BCUT2D eigenvalue weighted by atomic mass is 19.1. The number of rotatable bonds is 5. The van der Waals surface area contributed by atoms with Crippen molar-refractivity contribution in [2.24, 2.45) is 0 Å². The largest absolute Gasteiger partial charge is 0.480 e. The van der Waals surface area contributed by atoms with Gasteiger partial charge < -0.3 is 15.4 Å². The van der Waals surface area contributed by atoms with Crippen LogP contribution in [-0.2, 0) is 11.2 Å². The number of aromatic amines is 1. The summed E-state index contributed by atoms with van der Waals surface area (Å²) in [4.78, 5) is 30.6. The van der Waals surface area contributed by atoms with E-state index >= 15 is 0 Å². The third-order valence-corrected chi connectivity index (χ3v) is 3.82. The molecule has 1 atom stereocenters. The first kappa shape index (κ1) is 17.1. The number of hydrogen-bond donors (Lipinski definition) is 3. The molecular weight excluding hydrogens is 339 g/mol. The molecule has 0 radical (unpaired) electrons. The van der Waals surface area contributed by atoms with Crippen LogP contribution in [0.25, 0.3) is 10.9 Å². The summed E-state index contributed by atoms with van der Waals surface area (Å²) in [5.74, 6) is -2.23. The number of nitrogens with one attached hydrogen (secondary N) is 2. The molecule has 3 aromatic rings. The Hall–Kier alpha value is -3.73. The number of aromatic nitrogens is 2. The summed E-state index contributed by atoms with van der Waals surface area (Å²) in [6, 6.07) is 9.17. The van der Waals surface area contributed by atoms with Crippen LogP contribution in [0.2, 0.25) is 0 Å². The van der Waals surface area contributed by atoms with Crippen LogP contribution in [0.3, 0.4) is 0 Å². The highest BCUT2D eigenvalue weighted by Crippen LogP contribution is 2.15. The fourth-order valence-electron chi connectivity index (χ4n) is 2.51. The van der Waals surface area contributed by atoms with E-state index in [0.29, 0.717) is 16.5 Å². The minimum Gasteiger partial charge on any atom is -0.480 e. The van der Waals surface area contributed by atoms with Crippen molar-refractivity contribution in [2.45, 2.75) is 12.5 Å². The number of amides is 1. The Labute approximate surface area is 147 Å². The van der Waals surface area contributed by atoms with Crippen molar-refractivity contribution in [3.05, 3.63) is 65.4 Å². The quantitative estimate of drug-likeness (QED) is 0.649. The summed E-state index contributed by atoms with van der Waals surface area (Å²) in [5.41, 5.74) is 1.50. The van der Waals surface area contributed by atoms with E-state index in [1.165, 1.54) is 42.6 Å². The first-order valence-corrected chi connectivity index (χ1v) is 7.63. The third-order valence-electron chi connectivity index (χ3n) is 3.82. The zero-order valence-corrected chi connectivity index (χ0v) is 13.4. The van der Waals surface area contributed by atoms with Crippen molar-refractivity contribution >= 4 is 22.8 Å². The van der Waals surface area contributed by atoms with Crippen LogP contribution in [0.5, 0.6) is 0 Å². The van der Waals surface area contributed by atoms with Gasteiger partial charge in [0.25, 0.3) is 5.91 Å². The van der Waals surface area contributed by atoms with E-state index in [9.17, 15) is 19.1 Å². The topological polar surface area (TPSA) is 119 Å². The van der Waals surface area contributed by atoms with Crippen LogP contribution in [0.1, 0.15) is 21.7 Å². The van der Waals surface area contributed by atoms with Gasteiger partial charge in [-0.05, 0) is 29.8 Å². The van der Waals surface area contributed by atoms with Crippen molar-refractivity contribution in [2.75, 3.05) is 0 Å². The second-order valence-electron chi connectivity index (χ2n) is 5.65. The molecule has 130 valence electrons. The van der Waals surface area contributed by atoms with Gasteiger partial charge in [0.1, 0.15) is 29.3 Å². The number of carboxylic acid groups (broad SMARTS) is 1. The summed E-state index contributed by atoms with van der Waals surface area (Å²) >= 11 is 0. The number of carboxylic acids is 1. The van der Waals surface area contributed by atoms with Gasteiger partial charge in [-0.15, -0.1) is 0 Å². The molecular formula is C18H13FN4O3. The molecule has 8 heteroatoms. The Morgan fingerprint density at radius 3 is 2.69 bits per heavy atom. The molecule has 0 spiro atoms. The van der Waals surface area contributed by atoms with E-state index in [-0.39, 0.29) is 17.8 Å². The van der Waals surface area contributed by atoms with Crippen LogP contribution < -0.4 is 5.32 Å². The SMILES string of the molecule is N#Cc1cc2cc(C(=O)N[C@@H](Cc3ccc(F)cc3)C(=O)O)[nH]c2cn1. The lowest BCUT2D eigenvalue weighted by Crippen LogP contribution is -2.42. The average molecular weight is 352 g/mol. The lowest BCUT2D eigenvalue weighted by molar-refractivity contribution is -0.139. The number of hydrogen-bond acceptors (Lipinski definition) is 4. The molecule has 26 heavy (non-hydrogen) atoms. The minimum atomic E-state index is -1.20. The standard InChI is InChI=1S/C18H13FN4O3/c19-12-3-1-10(2-4-12)5-15(18(25)26)23-17(24)14-7-11-6-13(8-20)21-9-16(11)22-14/h1-4,6-7,9,15,22H,5H2,(H,23,24)(H,25,26)/t15-/m0/s1. The van der Waals surface area contributed by atoms with Crippen LogP contribution in [0.4, 0.5) is 4.39 Å². The minimum absolute atomic E-state index is 0.0156. The number of benzene rings is 1. The predicted molar refractivity (Wildman–Crippen MR) is 89.8 cm³/mol. The molecule has 0 aliphatic carbocycles. The maximum atomic E-state index is 13.0. The number of fused-ring (bicyclic) bond motifs is 1. The molecule has 0 aliphatic heterocycles. The molecule has 0 fully saturated rings. The summed E-state index contributed by atoms with van der Waals surface area (Å²) < 4.78 is 13.0. The maximum Gasteiger partial charge on any atom is 0.326 e. The molecule has 1 aromatic carbocycles. The van der Waals surface area contributed by atoms with E-state index in [4.69, 9.17) is 5.26 Å². The Morgan fingerprint density at radius 2 is 2.04 bits per heavy atom. The second kappa shape index (κ2) is 7.03. The van der Waals surface area contributed by atoms with Gasteiger partial charge in [0.2, 0.25) is 0 Å². The first-order valence-electron chi connectivity index (χ1n) is 7.63. The average Bonchev–Trinajstić information content (AvgIpc) is 3.06. The molecule has 7 nitrogen and oxygen atoms in total. The van der Waals surface area contributed by atoms with Gasteiger partial charge in [-0.1, -0.05) is 12.1 Å². The lowest BCUT2D eigenvalue weighted by Gasteiger charge is -2.14. The number of nitrogens with zero attached hydrogens (tertiary/aromatic N) is 2. The van der Waals surface area contributed by atoms with Crippen molar-refractivity contribution in [1.29, 1.82) is 5.26 Å². The Bertz CT molecular complexity index is 1020. The Kier molecular flexibility index (Phi) is 4.62. The van der Waals surface area contributed by atoms with Gasteiger partial charge in [-0.25, -0.2) is 14.2 Å². The molecule has 2 aromatic heterocycles.